The molecular weight excluding hydrogens is 390 g/mol. The molecule has 0 radical (unpaired) electrons. The maximum atomic E-state index is 13.2. The molecule has 0 saturated heterocycles. The molecule has 0 aromatic carbocycles. The largest absolute Gasteiger partial charge is 0.390 e. The number of rotatable bonds is 8. The fraction of sp³-hybridized carbons (Fsp3) is 0.762. The van der Waals surface area contributed by atoms with Gasteiger partial charge in [0.25, 0.3) is 5.91 Å². The highest BCUT2D eigenvalue weighted by Gasteiger charge is 2.55. The molecule has 4 fully saturated rings. The Bertz CT molecular complexity index is 714. The van der Waals surface area contributed by atoms with Crippen LogP contribution in [0, 0.1) is 17.8 Å². The molecule has 1 amide bonds. The highest BCUT2D eigenvalue weighted by molar-refractivity contribution is 7.99. The Morgan fingerprint density at radius 1 is 1.18 bits per heavy atom. The van der Waals surface area contributed by atoms with E-state index in [-0.39, 0.29) is 11.9 Å². The van der Waals surface area contributed by atoms with Crippen molar-refractivity contribution in [2.24, 2.45) is 17.8 Å². The van der Waals surface area contributed by atoms with Crippen LogP contribution in [0.25, 0.3) is 0 Å². The monoisotopic (exact) mass is 421 g/mol. The van der Waals surface area contributed by atoms with Gasteiger partial charge in [-0.3, -0.25) is 4.79 Å². The lowest BCUT2D eigenvalue weighted by molar-refractivity contribution is -0.136. The Morgan fingerprint density at radius 3 is 2.50 bits per heavy atom. The molecule has 4 saturated carbocycles. The van der Waals surface area contributed by atoms with Crippen LogP contribution < -0.4 is 5.32 Å². The summed E-state index contributed by atoms with van der Waals surface area (Å²) in [5.74, 6) is 3.34. The van der Waals surface area contributed by atoms with Crippen LogP contribution in [0.2, 0.25) is 0 Å². The third-order valence-corrected chi connectivity index (χ3v) is 8.66. The second-order valence-corrected chi connectivity index (χ2v) is 10.9. The number of carbonyl (C=O) groups excluding carboxylic acids is 1. The summed E-state index contributed by atoms with van der Waals surface area (Å²) in [7, 11) is 0. The van der Waals surface area contributed by atoms with Crippen LogP contribution in [0.1, 0.15) is 69.2 Å². The summed E-state index contributed by atoms with van der Waals surface area (Å²) in [5.41, 5.74) is 0.132. The Labute approximate surface area is 176 Å². The smallest absolute Gasteiger partial charge is 0.255 e. The maximum Gasteiger partial charge on any atom is 0.255 e. The molecule has 28 heavy (non-hydrogen) atoms. The van der Waals surface area contributed by atoms with Gasteiger partial charge in [-0.05, 0) is 68.5 Å². The minimum Gasteiger partial charge on any atom is -0.390 e. The van der Waals surface area contributed by atoms with Crippen LogP contribution in [-0.2, 0) is 0 Å². The molecule has 0 spiro atoms. The Kier molecular flexibility index (Phi) is 6.23. The zero-order valence-corrected chi connectivity index (χ0v) is 18.5. The SMILES string of the molecule is CCCSc1ncc(C(=O)N[C@H]2C3CC4CC2C[C@@](O)(C4)C3)c(SCCC)n1. The number of amides is 1. The molecule has 2 N–H and O–H groups in total. The van der Waals surface area contributed by atoms with Crippen molar-refractivity contribution in [3.05, 3.63) is 11.8 Å². The van der Waals surface area contributed by atoms with Crippen LogP contribution in [0.15, 0.2) is 16.4 Å². The Hall–Kier alpha value is -0.790. The molecule has 5 rings (SSSR count). The van der Waals surface area contributed by atoms with Crippen molar-refractivity contribution < 1.29 is 9.90 Å². The van der Waals surface area contributed by atoms with E-state index < -0.39 is 5.60 Å². The number of aromatic nitrogens is 2. The molecule has 7 heteroatoms. The normalized spacial score (nSPS) is 33.2. The lowest BCUT2D eigenvalue weighted by Crippen LogP contribution is -2.61. The van der Waals surface area contributed by atoms with Crippen molar-refractivity contribution in [2.45, 2.75) is 80.6 Å². The molecule has 1 aromatic heterocycles. The van der Waals surface area contributed by atoms with Crippen molar-refractivity contribution in [1.82, 2.24) is 15.3 Å². The van der Waals surface area contributed by atoms with E-state index in [1.54, 1.807) is 29.7 Å². The second kappa shape index (κ2) is 8.52. The number of hydrogen-bond acceptors (Lipinski definition) is 6. The zero-order chi connectivity index (χ0) is 19.7. The minimum absolute atomic E-state index is 0.0462. The van der Waals surface area contributed by atoms with E-state index in [4.69, 9.17) is 0 Å². The van der Waals surface area contributed by atoms with E-state index in [9.17, 15) is 9.90 Å². The molecule has 1 heterocycles. The first-order valence-corrected chi connectivity index (χ1v) is 12.6. The first-order valence-electron chi connectivity index (χ1n) is 10.7. The first-order chi connectivity index (χ1) is 13.5. The average molecular weight is 422 g/mol. The van der Waals surface area contributed by atoms with Gasteiger partial charge in [-0.1, -0.05) is 25.6 Å². The highest BCUT2D eigenvalue weighted by Crippen LogP contribution is 2.55. The standard InChI is InChI=1S/C21H31N3O2S2/c1-3-5-27-19-16(12-22-20(24-19)28-6-4-2)18(25)23-17-14-7-13-8-15(17)11-21(26,9-13)10-14/h12-15,17,26H,3-11H2,1-2H3,(H,23,25)/t13?,14?,15?,17-,21+. The number of carbonyl (C=O) groups is 1. The fourth-order valence-electron chi connectivity index (χ4n) is 5.52. The summed E-state index contributed by atoms with van der Waals surface area (Å²) in [6, 6.07) is 0.183. The van der Waals surface area contributed by atoms with Gasteiger partial charge in [0.05, 0.1) is 11.2 Å². The molecule has 2 atom stereocenters. The molecule has 5 nitrogen and oxygen atoms in total. The van der Waals surface area contributed by atoms with E-state index >= 15 is 0 Å². The third-order valence-electron chi connectivity index (χ3n) is 6.39. The number of hydrogen-bond donors (Lipinski definition) is 2. The summed E-state index contributed by atoms with van der Waals surface area (Å²) >= 11 is 3.30. The fourth-order valence-corrected chi connectivity index (χ4v) is 7.10. The van der Waals surface area contributed by atoms with Gasteiger partial charge in [-0.15, -0.1) is 11.8 Å². The quantitative estimate of drug-likeness (QED) is 0.373. The minimum atomic E-state index is -0.471. The Morgan fingerprint density at radius 2 is 1.86 bits per heavy atom. The van der Waals surface area contributed by atoms with Gasteiger partial charge in [0.1, 0.15) is 5.03 Å². The summed E-state index contributed by atoms with van der Waals surface area (Å²) in [6.07, 6.45) is 8.75. The van der Waals surface area contributed by atoms with Crippen LogP contribution in [0.5, 0.6) is 0 Å². The van der Waals surface area contributed by atoms with Crippen molar-refractivity contribution in [3.8, 4) is 0 Å². The molecule has 0 aliphatic heterocycles. The summed E-state index contributed by atoms with van der Waals surface area (Å²) < 4.78 is 0. The first kappa shape index (κ1) is 20.5. The van der Waals surface area contributed by atoms with Crippen molar-refractivity contribution in [2.75, 3.05) is 11.5 Å². The van der Waals surface area contributed by atoms with Gasteiger partial charge in [-0.25, -0.2) is 9.97 Å². The maximum absolute atomic E-state index is 13.2. The lowest BCUT2D eigenvalue weighted by Gasteiger charge is -2.58. The predicted molar refractivity (Wildman–Crippen MR) is 114 cm³/mol. The predicted octanol–water partition coefficient (Wildman–Crippen LogP) is 4.15. The molecule has 4 aliphatic carbocycles. The highest BCUT2D eigenvalue weighted by atomic mass is 32.2. The van der Waals surface area contributed by atoms with Crippen molar-refractivity contribution in [1.29, 1.82) is 0 Å². The van der Waals surface area contributed by atoms with Gasteiger partial charge >= 0.3 is 0 Å². The summed E-state index contributed by atoms with van der Waals surface area (Å²) in [4.78, 5) is 22.3. The van der Waals surface area contributed by atoms with E-state index in [0.29, 0.717) is 23.3 Å². The van der Waals surface area contributed by atoms with Crippen LogP contribution >= 0.6 is 23.5 Å². The second-order valence-electron chi connectivity index (χ2n) is 8.76. The van der Waals surface area contributed by atoms with Crippen molar-refractivity contribution >= 4 is 29.4 Å². The van der Waals surface area contributed by atoms with Gasteiger partial charge in [-0.2, -0.15) is 0 Å². The molecule has 154 valence electrons. The van der Waals surface area contributed by atoms with Gasteiger partial charge in [0, 0.05) is 18.0 Å². The molecule has 2 unspecified atom stereocenters. The number of thioether (sulfide) groups is 2. The average Bonchev–Trinajstić information content (AvgIpc) is 2.66. The molecular formula is C21H31N3O2S2. The van der Waals surface area contributed by atoms with Crippen molar-refractivity contribution in [3.63, 3.8) is 0 Å². The third kappa shape index (κ3) is 4.21. The number of aliphatic hydroxyl groups is 1. The van der Waals surface area contributed by atoms with Gasteiger partial charge < -0.3 is 10.4 Å². The summed E-state index contributed by atoms with van der Waals surface area (Å²) in [6.45, 7) is 4.28. The lowest BCUT2D eigenvalue weighted by atomic mass is 9.52. The van der Waals surface area contributed by atoms with Crippen LogP contribution in [-0.4, -0.2) is 44.1 Å². The topological polar surface area (TPSA) is 75.1 Å². The van der Waals surface area contributed by atoms with E-state index in [0.717, 1.165) is 66.6 Å². The Balaban J connectivity index is 1.49. The van der Waals surface area contributed by atoms with Crippen LogP contribution in [0.4, 0.5) is 0 Å². The zero-order valence-electron chi connectivity index (χ0n) is 16.8. The molecule has 4 aliphatic rings. The molecule has 4 bridgehead atoms. The number of nitrogens with zero attached hydrogens (tertiary/aromatic N) is 2. The van der Waals surface area contributed by atoms with Gasteiger partial charge in [0.15, 0.2) is 5.16 Å². The van der Waals surface area contributed by atoms with Crippen LogP contribution in [0.3, 0.4) is 0 Å². The number of nitrogens with one attached hydrogen (secondary N) is 1. The van der Waals surface area contributed by atoms with E-state index in [2.05, 4.69) is 29.1 Å². The van der Waals surface area contributed by atoms with Gasteiger partial charge in [0.2, 0.25) is 0 Å². The van der Waals surface area contributed by atoms with E-state index in [1.165, 1.54) is 0 Å². The molecule has 1 aromatic rings. The van der Waals surface area contributed by atoms with E-state index in [1.807, 2.05) is 0 Å². The summed E-state index contributed by atoms with van der Waals surface area (Å²) in [5, 5.41) is 15.7.